The van der Waals surface area contributed by atoms with Gasteiger partial charge < -0.3 is 5.32 Å². The summed E-state index contributed by atoms with van der Waals surface area (Å²) in [6.45, 7) is 12.5. The van der Waals surface area contributed by atoms with Gasteiger partial charge in [-0.1, -0.05) is 37.5 Å². The van der Waals surface area contributed by atoms with Crippen molar-refractivity contribution in [2.75, 3.05) is 6.54 Å². The quantitative estimate of drug-likeness (QED) is 0.774. The molecule has 1 aliphatic rings. The van der Waals surface area contributed by atoms with Gasteiger partial charge in [0, 0.05) is 12.6 Å². The van der Waals surface area contributed by atoms with Gasteiger partial charge in [0.15, 0.2) is 0 Å². The third-order valence-electron chi connectivity index (χ3n) is 5.37. The molecule has 0 aromatic heterocycles. The molecule has 1 unspecified atom stereocenters. The van der Waals surface area contributed by atoms with Crippen LogP contribution < -0.4 is 5.32 Å². The Kier molecular flexibility index (Phi) is 4.90. The van der Waals surface area contributed by atoms with E-state index >= 15 is 0 Å². The molecule has 1 nitrogen and oxygen atoms in total. The van der Waals surface area contributed by atoms with Crippen LogP contribution in [-0.4, -0.2) is 6.54 Å². The highest BCUT2D eigenvalue weighted by molar-refractivity contribution is 5.39. The molecule has 1 saturated carbocycles. The fraction of sp³-hybridized carbons (Fsp3) is 0.684. The summed E-state index contributed by atoms with van der Waals surface area (Å²) in [5, 5.41) is 3.83. The van der Waals surface area contributed by atoms with Gasteiger partial charge >= 0.3 is 0 Å². The number of rotatable bonds is 5. The number of nitrogens with one attached hydrogen (secondary N) is 1. The molecule has 0 bridgehead atoms. The van der Waals surface area contributed by atoms with Crippen LogP contribution in [0, 0.1) is 26.2 Å². The van der Waals surface area contributed by atoms with Gasteiger partial charge in [-0.2, -0.15) is 0 Å². The fourth-order valence-electron chi connectivity index (χ4n) is 4.13. The van der Waals surface area contributed by atoms with Gasteiger partial charge in [-0.15, -0.1) is 0 Å². The molecule has 20 heavy (non-hydrogen) atoms. The Bertz CT molecular complexity index is 432. The van der Waals surface area contributed by atoms with Crippen molar-refractivity contribution in [1.82, 2.24) is 5.32 Å². The lowest BCUT2D eigenvalue weighted by Crippen LogP contribution is -2.33. The highest BCUT2D eigenvalue weighted by Gasteiger charge is 2.32. The number of hydrogen-bond donors (Lipinski definition) is 1. The van der Waals surface area contributed by atoms with Gasteiger partial charge in [-0.25, -0.2) is 0 Å². The zero-order valence-electron chi connectivity index (χ0n) is 14.0. The molecule has 112 valence electrons. The summed E-state index contributed by atoms with van der Waals surface area (Å²) in [5.74, 6) is 0. The summed E-state index contributed by atoms with van der Waals surface area (Å²) in [7, 11) is 0. The van der Waals surface area contributed by atoms with Gasteiger partial charge in [-0.05, 0) is 69.1 Å². The summed E-state index contributed by atoms with van der Waals surface area (Å²) < 4.78 is 0. The second-order valence-electron chi connectivity index (χ2n) is 6.98. The van der Waals surface area contributed by atoms with Crippen molar-refractivity contribution in [2.24, 2.45) is 5.41 Å². The van der Waals surface area contributed by atoms with E-state index in [1.54, 1.807) is 0 Å². The predicted molar refractivity (Wildman–Crippen MR) is 88.3 cm³/mol. The van der Waals surface area contributed by atoms with E-state index < -0.39 is 0 Å². The lowest BCUT2D eigenvalue weighted by atomic mass is 9.83. The summed E-state index contributed by atoms with van der Waals surface area (Å²) in [6.07, 6.45) is 6.99. The average Bonchev–Trinajstić information content (AvgIpc) is 2.84. The van der Waals surface area contributed by atoms with Crippen LogP contribution in [0.15, 0.2) is 12.1 Å². The van der Waals surface area contributed by atoms with Crippen molar-refractivity contribution in [3.05, 3.63) is 34.4 Å². The van der Waals surface area contributed by atoms with Crippen LogP contribution in [0.2, 0.25) is 0 Å². The molecule has 1 aromatic carbocycles. The minimum Gasteiger partial charge on any atom is -0.310 e. The van der Waals surface area contributed by atoms with Crippen LogP contribution in [-0.2, 0) is 0 Å². The number of hydrogen-bond acceptors (Lipinski definition) is 1. The van der Waals surface area contributed by atoms with Gasteiger partial charge in [0.1, 0.15) is 0 Å². The average molecular weight is 273 g/mol. The minimum absolute atomic E-state index is 0.458. The monoisotopic (exact) mass is 273 g/mol. The summed E-state index contributed by atoms with van der Waals surface area (Å²) in [5.41, 5.74) is 6.30. The van der Waals surface area contributed by atoms with Gasteiger partial charge in [0.25, 0.3) is 0 Å². The van der Waals surface area contributed by atoms with Gasteiger partial charge in [0.2, 0.25) is 0 Å². The van der Waals surface area contributed by atoms with Crippen molar-refractivity contribution in [3.63, 3.8) is 0 Å². The number of benzene rings is 1. The van der Waals surface area contributed by atoms with Crippen LogP contribution in [0.5, 0.6) is 0 Å². The fourth-order valence-corrected chi connectivity index (χ4v) is 4.13. The summed E-state index contributed by atoms with van der Waals surface area (Å²) >= 11 is 0. The van der Waals surface area contributed by atoms with E-state index in [1.807, 2.05) is 0 Å². The lowest BCUT2D eigenvalue weighted by molar-refractivity contribution is 0.258. The maximum Gasteiger partial charge on any atom is 0.0297 e. The molecule has 0 spiro atoms. The van der Waals surface area contributed by atoms with Crippen LogP contribution in [0.4, 0.5) is 0 Å². The maximum absolute atomic E-state index is 3.83. The Morgan fingerprint density at radius 2 is 1.65 bits per heavy atom. The van der Waals surface area contributed by atoms with E-state index in [1.165, 1.54) is 60.9 Å². The molecule has 0 radical (unpaired) electrons. The highest BCUT2D eigenvalue weighted by atomic mass is 14.9. The SMILES string of the molecule is CCC1(CNC(C)c2c(C)cc(C)cc2C)CCCC1. The van der Waals surface area contributed by atoms with E-state index in [0.29, 0.717) is 11.5 Å². The van der Waals surface area contributed by atoms with Crippen LogP contribution in [0.3, 0.4) is 0 Å². The molecule has 1 aliphatic carbocycles. The summed E-state index contributed by atoms with van der Waals surface area (Å²) in [4.78, 5) is 0. The Hall–Kier alpha value is -0.820. The molecule has 1 heteroatoms. The smallest absolute Gasteiger partial charge is 0.0297 e. The Morgan fingerprint density at radius 1 is 1.10 bits per heavy atom. The Labute approximate surface area is 125 Å². The Balaban J connectivity index is 2.07. The van der Waals surface area contributed by atoms with Gasteiger partial charge in [-0.3, -0.25) is 0 Å². The van der Waals surface area contributed by atoms with Crippen molar-refractivity contribution < 1.29 is 0 Å². The van der Waals surface area contributed by atoms with E-state index in [9.17, 15) is 0 Å². The van der Waals surface area contributed by atoms with Crippen LogP contribution >= 0.6 is 0 Å². The number of aryl methyl sites for hydroxylation is 3. The standard InChI is InChI=1S/C19H31N/c1-6-19(9-7-8-10-19)13-20-17(5)18-15(3)11-14(2)12-16(18)4/h11-12,17,20H,6-10,13H2,1-5H3. The first-order valence-corrected chi connectivity index (χ1v) is 8.28. The van der Waals surface area contributed by atoms with Crippen molar-refractivity contribution >= 4 is 0 Å². The zero-order chi connectivity index (χ0) is 14.8. The van der Waals surface area contributed by atoms with Crippen molar-refractivity contribution in [3.8, 4) is 0 Å². The van der Waals surface area contributed by atoms with E-state index in [-0.39, 0.29) is 0 Å². The van der Waals surface area contributed by atoms with Crippen LogP contribution in [0.1, 0.15) is 74.2 Å². The normalized spacial score (nSPS) is 19.2. The Morgan fingerprint density at radius 3 is 2.15 bits per heavy atom. The van der Waals surface area contributed by atoms with Crippen molar-refractivity contribution in [1.29, 1.82) is 0 Å². The van der Waals surface area contributed by atoms with E-state index in [4.69, 9.17) is 0 Å². The molecule has 0 amide bonds. The molecule has 1 atom stereocenters. The summed E-state index contributed by atoms with van der Waals surface area (Å²) in [6, 6.07) is 5.08. The molecule has 0 aliphatic heterocycles. The molecule has 1 aromatic rings. The van der Waals surface area contributed by atoms with Gasteiger partial charge in [0.05, 0.1) is 0 Å². The van der Waals surface area contributed by atoms with E-state index in [2.05, 4.69) is 52.1 Å². The lowest BCUT2D eigenvalue weighted by Gasteiger charge is -2.30. The molecule has 2 rings (SSSR count). The largest absolute Gasteiger partial charge is 0.310 e. The molecule has 0 saturated heterocycles. The minimum atomic E-state index is 0.458. The molecular weight excluding hydrogens is 242 g/mol. The second-order valence-corrected chi connectivity index (χ2v) is 6.98. The predicted octanol–water partition coefficient (Wildman–Crippen LogP) is 5.23. The zero-order valence-corrected chi connectivity index (χ0v) is 14.0. The molecule has 1 fully saturated rings. The topological polar surface area (TPSA) is 12.0 Å². The third kappa shape index (κ3) is 3.25. The highest BCUT2D eigenvalue weighted by Crippen LogP contribution is 2.40. The second kappa shape index (κ2) is 6.30. The van der Waals surface area contributed by atoms with E-state index in [0.717, 1.165) is 0 Å². The first-order chi connectivity index (χ1) is 9.47. The van der Waals surface area contributed by atoms with Crippen molar-refractivity contribution in [2.45, 2.75) is 72.8 Å². The molecule has 0 heterocycles. The first kappa shape index (κ1) is 15.6. The molecule has 1 N–H and O–H groups in total. The molecular formula is C19H31N. The maximum atomic E-state index is 3.83. The van der Waals surface area contributed by atoms with Crippen LogP contribution in [0.25, 0.3) is 0 Å². The first-order valence-electron chi connectivity index (χ1n) is 8.28. The third-order valence-corrected chi connectivity index (χ3v) is 5.37.